The number of hydrogen-bond donors (Lipinski definition) is 2. The average Bonchev–Trinajstić information content (AvgIpc) is 2.47. The van der Waals surface area contributed by atoms with Crippen molar-refractivity contribution in [1.29, 1.82) is 0 Å². The number of carboxylic acids is 1. The Hall–Kier alpha value is -1.69. The molecule has 20 heavy (non-hydrogen) atoms. The standard InChI is InChI=1S/C14H18N2O3S/c1-16(12-7-3-2-6-11(12)13(17)18)14(19)15-10-5-4-8-20-9-10/h2-3,6-7,10H,4-5,8-9H2,1H3,(H,15,19)(H,17,18). The molecule has 1 aromatic carbocycles. The minimum Gasteiger partial charge on any atom is -0.478 e. The van der Waals surface area contributed by atoms with Gasteiger partial charge in [-0.25, -0.2) is 9.59 Å². The smallest absolute Gasteiger partial charge is 0.337 e. The Morgan fingerprint density at radius 3 is 2.80 bits per heavy atom. The van der Waals surface area contributed by atoms with Crippen molar-refractivity contribution in [3.63, 3.8) is 0 Å². The summed E-state index contributed by atoms with van der Waals surface area (Å²) in [6.45, 7) is 0. The van der Waals surface area contributed by atoms with E-state index in [4.69, 9.17) is 5.11 Å². The van der Waals surface area contributed by atoms with Gasteiger partial charge in [0.25, 0.3) is 0 Å². The fourth-order valence-corrected chi connectivity index (χ4v) is 3.25. The molecular formula is C14H18N2O3S. The van der Waals surface area contributed by atoms with Crippen LogP contribution in [-0.4, -0.2) is 41.7 Å². The number of amides is 2. The van der Waals surface area contributed by atoms with Gasteiger partial charge in [0, 0.05) is 18.8 Å². The molecule has 1 heterocycles. The lowest BCUT2D eigenvalue weighted by Crippen LogP contribution is -2.45. The number of nitrogens with zero attached hydrogens (tertiary/aromatic N) is 1. The molecule has 0 radical (unpaired) electrons. The Labute approximate surface area is 122 Å². The SMILES string of the molecule is CN(C(=O)NC1CCCSC1)c1ccccc1C(=O)O. The highest BCUT2D eigenvalue weighted by Crippen LogP contribution is 2.21. The van der Waals surface area contributed by atoms with E-state index >= 15 is 0 Å². The van der Waals surface area contributed by atoms with Gasteiger partial charge in [-0.3, -0.25) is 4.90 Å². The molecule has 0 aliphatic carbocycles. The molecular weight excluding hydrogens is 276 g/mol. The van der Waals surface area contributed by atoms with E-state index < -0.39 is 5.97 Å². The maximum Gasteiger partial charge on any atom is 0.337 e. The number of carbonyl (C=O) groups is 2. The molecule has 1 aromatic rings. The molecule has 0 aromatic heterocycles. The summed E-state index contributed by atoms with van der Waals surface area (Å²) in [4.78, 5) is 24.7. The predicted octanol–water partition coefficient (Wildman–Crippen LogP) is 2.43. The summed E-state index contributed by atoms with van der Waals surface area (Å²) in [6.07, 6.45) is 2.08. The number of urea groups is 1. The van der Waals surface area contributed by atoms with E-state index in [-0.39, 0.29) is 17.6 Å². The van der Waals surface area contributed by atoms with Gasteiger partial charge in [0.05, 0.1) is 11.3 Å². The molecule has 1 fully saturated rings. The van der Waals surface area contributed by atoms with Crippen molar-refractivity contribution in [2.75, 3.05) is 23.5 Å². The van der Waals surface area contributed by atoms with Gasteiger partial charge in [-0.15, -0.1) is 0 Å². The molecule has 1 aliphatic heterocycles. The normalized spacial score (nSPS) is 18.4. The Morgan fingerprint density at radius 1 is 1.40 bits per heavy atom. The van der Waals surface area contributed by atoms with Gasteiger partial charge in [0.15, 0.2) is 0 Å². The molecule has 2 N–H and O–H groups in total. The van der Waals surface area contributed by atoms with Crippen LogP contribution in [0.2, 0.25) is 0 Å². The molecule has 108 valence electrons. The largest absolute Gasteiger partial charge is 0.478 e. The van der Waals surface area contributed by atoms with E-state index in [9.17, 15) is 9.59 Å². The minimum absolute atomic E-state index is 0.128. The number of rotatable bonds is 3. The molecule has 2 amide bonds. The first-order valence-corrected chi connectivity index (χ1v) is 7.69. The molecule has 1 atom stereocenters. The number of carboxylic acid groups (broad SMARTS) is 1. The van der Waals surface area contributed by atoms with E-state index in [2.05, 4.69) is 5.32 Å². The molecule has 1 saturated heterocycles. The number of thioether (sulfide) groups is 1. The summed E-state index contributed by atoms with van der Waals surface area (Å²) < 4.78 is 0. The fourth-order valence-electron chi connectivity index (χ4n) is 2.18. The van der Waals surface area contributed by atoms with Crippen LogP contribution in [0.4, 0.5) is 10.5 Å². The van der Waals surface area contributed by atoms with E-state index in [1.54, 1.807) is 25.2 Å². The third-order valence-corrected chi connectivity index (χ3v) is 4.50. The molecule has 2 rings (SSSR count). The molecule has 0 saturated carbocycles. The Balaban J connectivity index is 2.08. The highest BCUT2D eigenvalue weighted by Gasteiger charge is 2.21. The van der Waals surface area contributed by atoms with E-state index in [1.165, 1.54) is 11.0 Å². The highest BCUT2D eigenvalue weighted by molar-refractivity contribution is 7.99. The predicted molar refractivity (Wildman–Crippen MR) is 80.7 cm³/mol. The van der Waals surface area contributed by atoms with Crippen molar-refractivity contribution in [3.8, 4) is 0 Å². The molecule has 0 spiro atoms. The van der Waals surface area contributed by atoms with E-state index in [0.29, 0.717) is 5.69 Å². The van der Waals surface area contributed by atoms with Crippen LogP contribution in [0.1, 0.15) is 23.2 Å². The number of nitrogens with one attached hydrogen (secondary N) is 1. The molecule has 6 heteroatoms. The topological polar surface area (TPSA) is 69.6 Å². The number of benzene rings is 1. The van der Waals surface area contributed by atoms with Crippen molar-refractivity contribution in [2.45, 2.75) is 18.9 Å². The maximum absolute atomic E-state index is 12.2. The molecule has 1 aliphatic rings. The second-order valence-corrected chi connectivity index (χ2v) is 5.89. The zero-order valence-corrected chi connectivity index (χ0v) is 12.2. The van der Waals surface area contributed by atoms with Crippen LogP contribution in [0.25, 0.3) is 0 Å². The van der Waals surface area contributed by atoms with Crippen LogP contribution in [0.3, 0.4) is 0 Å². The Bertz CT molecular complexity index is 501. The Kier molecular flexibility index (Phi) is 4.89. The average molecular weight is 294 g/mol. The Morgan fingerprint density at radius 2 is 2.15 bits per heavy atom. The first-order valence-electron chi connectivity index (χ1n) is 6.54. The van der Waals surface area contributed by atoms with Crippen LogP contribution < -0.4 is 10.2 Å². The second-order valence-electron chi connectivity index (χ2n) is 4.74. The summed E-state index contributed by atoms with van der Waals surface area (Å²) in [5, 5.41) is 12.1. The van der Waals surface area contributed by atoms with Crippen molar-refractivity contribution in [3.05, 3.63) is 29.8 Å². The third kappa shape index (κ3) is 3.45. The summed E-state index contributed by atoms with van der Waals surface area (Å²) in [5.74, 6) is 1.03. The molecule has 1 unspecified atom stereocenters. The summed E-state index contributed by atoms with van der Waals surface area (Å²) in [7, 11) is 1.59. The lowest BCUT2D eigenvalue weighted by atomic mass is 10.1. The quantitative estimate of drug-likeness (QED) is 0.898. The first kappa shape index (κ1) is 14.7. The van der Waals surface area contributed by atoms with Crippen molar-refractivity contribution in [2.24, 2.45) is 0 Å². The van der Waals surface area contributed by atoms with Crippen LogP contribution in [0.15, 0.2) is 24.3 Å². The van der Waals surface area contributed by atoms with Crippen molar-refractivity contribution >= 4 is 29.4 Å². The zero-order chi connectivity index (χ0) is 14.5. The number of aromatic carboxylic acids is 1. The van der Waals surface area contributed by atoms with Crippen LogP contribution in [0, 0.1) is 0 Å². The number of anilines is 1. The van der Waals surface area contributed by atoms with Gasteiger partial charge in [-0.2, -0.15) is 11.8 Å². The van der Waals surface area contributed by atoms with Crippen LogP contribution in [0.5, 0.6) is 0 Å². The van der Waals surface area contributed by atoms with Crippen molar-refractivity contribution in [1.82, 2.24) is 5.32 Å². The summed E-state index contributed by atoms with van der Waals surface area (Å²) >= 11 is 1.83. The van der Waals surface area contributed by atoms with Gasteiger partial charge in [0.2, 0.25) is 0 Å². The zero-order valence-electron chi connectivity index (χ0n) is 11.3. The highest BCUT2D eigenvalue weighted by atomic mass is 32.2. The van der Waals surface area contributed by atoms with Gasteiger partial charge < -0.3 is 10.4 Å². The summed E-state index contributed by atoms with van der Waals surface area (Å²) in [6, 6.07) is 6.42. The molecule has 0 bridgehead atoms. The second kappa shape index (κ2) is 6.65. The van der Waals surface area contributed by atoms with Crippen molar-refractivity contribution < 1.29 is 14.7 Å². The van der Waals surface area contributed by atoms with Gasteiger partial charge in [-0.1, -0.05) is 12.1 Å². The van der Waals surface area contributed by atoms with Gasteiger partial charge in [0.1, 0.15) is 0 Å². The van der Waals surface area contributed by atoms with Crippen LogP contribution in [-0.2, 0) is 0 Å². The van der Waals surface area contributed by atoms with E-state index in [0.717, 1.165) is 24.3 Å². The minimum atomic E-state index is -1.03. The number of hydrogen-bond acceptors (Lipinski definition) is 3. The number of para-hydroxylation sites is 1. The molecule has 5 nitrogen and oxygen atoms in total. The van der Waals surface area contributed by atoms with Gasteiger partial charge in [-0.05, 0) is 30.7 Å². The lowest BCUT2D eigenvalue weighted by molar-refractivity contribution is 0.0697. The van der Waals surface area contributed by atoms with E-state index in [1.807, 2.05) is 11.8 Å². The first-order chi connectivity index (χ1) is 9.59. The van der Waals surface area contributed by atoms with Crippen LogP contribution >= 0.6 is 11.8 Å². The number of carbonyl (C=O) groups excluding carboxylic acids is 1. The fraction of sp³-hybridized carbons (Fsp3) is 0.429. The van der Waals surface area contributed by atoms with Gasteiger partial charge >= 0.3 is 12.0 Å². The summed E-state index contributed by atoms with van der Waals surface area (Å²) in [5.41, 5.74) is 0.532. The lowest BCUT2D eigenvalue weighted by Gasteiger charge is -2.26. The third-order valence-electron chi connectivity index (χ3n) is 3.29. The maximum atomic E-state index is 12.2. The monoisotopic (exact) mass is 294 g/mol.